The number of aromatic nitrogens is 3. The fourth-order valence-electron chi connectivity index (χ4n) is 7.33. The van der Waals surface area contributed by atoms with Crippen LogP contribution in [0.2, 0.25) is 10.0 Å². The van der Waals surface area contributed by atoms with Crippen LogP contribution in [0.3, 0.4) is 0 Å². The van der Waals surface area contributed by atoms with Crippen LogP contribution in [0.5, 0.6) is 17.2 Å². The van der Waals surface area contributed by atoms with Gasteiger partial charge in [-0.1, -0.05) is 29.3 Å². The molecule has 5 aromatic rings. The lowest BCUT2D eigenvalue weighted by molar-refractivity contribution is 0.0685. The number of carbonyl (C=O) groups is 2. The summed E-state index contributed by atoms with van der Waals surface area (Å²) in [5.74, 6) is -0.147. The predicted octanol–water partition coefficient (Wildman–Crippen LogP) is 8.11. The quantitative estimate of drug-likeness (QED) is 0.162. The predicted molar refractivity (Wildman–Crippen MR) is 194 cm³/mol. The normalized spacial score (nSPS) is 14.2. The molecule has 0 radical (unpaired) electrons. The first-order valence-corrected chi connectivity index (χ1v) is 17.4. The summed E-state index contributed by atoms with van der Waals surface area (Å²) in [6.45, 7) is 9.79. The smallest absolute Gasteiger partial charge is 0.339 e. The molecule has 0 aliphatic carbocycles. The Kier molecular flexibility index (Phi) is 8.94. The Morgan fingerprint density at radius 3 is 2.44 bits per heavy atom. The van der Waals surface area contributed by atoms with Gasteiger partial charge in [0.25, 0.3) is 5.91 Å². The van der Waals surface area contributed by atoms with Crippen LogP contribution in [0.15, 0.2) is 36.4 Å². The Balaban J connectivity index is 1.35. The Morgan fingerprint density at radius 2 is 1.74 bits per heavy atom. The highest BCUT2D eigenvalue weighted by Crippen LogP contribution is 2.44. The highest BCUT2D eigenvalue weighted by Gasteiger charge is 2.34. The summed E-state index contributed by atoms with van der Waals surface area (Å²) in [7, 11) is 1.91. The Hall–Kier alpha value is -4.67. The largest absolute Gasteiger partial charge is 0.494 e. The third-order valence-corrected chi connectivity index (χ3v) is 10.6. The fourth-order valence-corrected chi connectivity index (χ4v) is 7.69. The molecular weight excluding hydrogens is 679 g/mol. The first kappa shape index (κ1) is 33.8. The number of fused-ring (bicyclic) bond motifs is 4. The standard InChI is InChI=1S/C38H38Cl2N4O6/c1-20-16-25(17-21(2)33(20)40)48-13-6-8-26-27-9-10-29(39)32(31-22(3)41-42(5)23(31)4)34(27)44-12-7-11-43(37(45)35(26)44)24-18-28(38(46)47)36-30(19-24)49-14-15-50-36/h9-10,16-19H,6-8,11-15H2,1-5H3,(H,46,47). The molecule has 10 nitrogen and oxygen atoms in total. The molecule has 1 amide bonds. The molecule has 50 heavy (non-hydrogen) atoms. The number of amides is 1. The number of carboxylic acid groups (broad SMARTS) is 1. The van der Waals surface area contributed by atoms with E-state index in [0.717, 1.165) is 60.9 Å². The van der Waals surface area contributed by atoms with Crippen LogP contribution in [0.25, 0.3) is 22.0 Å². The molecule has 0 spiro atoms. The van der Waals surface area contributed by atoms with E-state index in [4.69, 9.17) is 37.4 Å². The Labute approximate surface area is 300 Å². The monoisotopic (exact) mass is 716 g/mol. The third kappa shape index (κ3) is 5.74. The number of anilines is 1. The molecule has 7 rings (SSSR count). The highest BCUT2D eigenvalue weighted by molar-refractivity contribution is 6.35. The topological polar surface area (TPSA) is 108 Å². The fraction of sp³-hybridized carbons (Fsp3) is 0.342. The van der Waals surface area contributed by atoms with Crippen molar-refractivity contribution >= 4 is 51.7 Å². The number of carboxylic acids is 1. The van der Waals surface area contributed by atoms with Gasteiger partial charge in [0.1, 0.15) is 30.2 Å². The van der Waals surface area contributed by atoms with Gasteiger partial charge in [-0.05, 0) is 87.9 Å². The summed E-state index contributed by atoms with van der Waals surface area (Å²) in [6, 6.07) is 11.0. The zero-order valence-electron chi connectivity index (χ0n) is 28.7. The summed E-state index contributed by atoms with van der Waals surface area (Å²) < 4.78 is 21.6. The van der Waals surface area contributed by atoms with E-state index in [1.807, 2.05) is 63.7 Å². The lowest BCUT2D eigenvalue weighted by Gasteiger charge is -2.25. The van der Waals surface area contributed by atoms with Gasteiger partial charge in [-0.3, -0.25) is 9.48 Å². The summed E-state index contributed by atoms with van der Waals surface area (Å²) in [5.41, 5.74) is 8.21. The van der Waals surface area contributed by atoms with Crippen LogP contribution >= 0.6 is 23.2 Å². The SMILES string of the molecule is Cc1cc(OCCCc2c3n(c4c(-c5c(C)nn(C)c5C)c(Cl)ccc24)CCCN(c2cc4c(c(C(=O)O)c2)OCCO4)C3=O)cc(C)c1Cl. The highest BCUT2D eigenvalue weighted by atomic mass is 35.5. The lowest BCUT2D eigenvalue weighted by atomic mass is 9.98. The molecule has 0 saturated carbocycles. The summed E-state index contributed by atoms with van der Waals surface area (Å²) >= 11 is 13.4. The molecule has 0 bridgehead atoms. The van der Waals surface area contributed by atoms with Crippen molar-refractivity contribution < 1.29 is 28.9 Å². The van der Waals surface area contributed by atoms with Crippen molar-refractivity contribution in [2.75, 3.05) is 31.3 Å². The molecular formula is C38H38Cl2N4O6. The van der Waals surface area contributed by atoms with Crippen LogP contribution in [0.1, 0.15) is 61.8 Å². The Morgan fingerprint density at radius 1 is 1.00 bits per heavy atom. The molecule has 2 aliphatic rings. The van der Waals surface area contributed by atoms with E-state index in [0.29, 0.717) is 61.1 Å². The van der Waals surface area contributed by atoms with E-state index in [1.54, 1.807) is 11.0 Å². The van der Waals surface area contributed by atoms with E-state index in [2.05, 4.69) is 9.67 Å². The molecule has 12 heteroatoms. The van der Waals surface area contributed by atoms with Gasteiger partial charge < -0.3 is 28.8 Å². The van der Waals surface area contributed by atoms with Crippen molar-refractivity contribution in [3.63, 3.8) is 0 Å². The number of rotatable bonds is 8. The number of carbonyl (C=O) groups excluding carboxylic acids is 1. The Bertz CT molecular complexity index is 2180. The van der Waals surface area contributed by atoms with E-state index in [9.17, 15) is 14.7 Å². The molecule has 0 fully saturated rings. The molecule has 1 N–H and O–H groups in total. The van der Waals surface area contributed by atoms with Crippen LogP contribution in [0.4, 0.5) is 5.69 Å². The molecule has 260 valence electrons. The first-order valence-electron chi connectivity index (χ1n) is 16.7. The zero-order chi connectivity index (χ0) is 35.4. The van der Waals surface area contributed by atoms with Gasteiger partial charge in [0.15, 0.2) is 11.5 Å². The minimum absolute atomic E-state index is 0.0450. The second-order valence-corrected chi connectivity index (χ2v) is 13.7. The maximum atomic E-state index is 14.9. The number of aryl methyl sites for hydroxylation is 6. The van der Waals surface area contributed by atoms with Crippen LogP contribution in [0, 0.1) is 27.7 Å². The van der Waals surface area contributed by atoms with Gasteiger partial charge in [0.05, 0.1) is 22.8 Å². The molecule has 2 aromatic heterocycles. The van der Waals surface area contributed by atoms with E-state index < -0.39 is 5.97 Å². The number of nitrogens with zero attached hydrogens (tertiary/aromatic N) is 4. The molecule has 3 aromatic carbocycles. The lowest BCUT2D eigenvalue weighted by Crippen LogP contribution is -2.32. The van der Waals surface area contributed by atoms with E-state index in [1.165, 1.54) is 6.07 Å². The summed E-state index contributed by atoms with van der Waals surface area (Å²) in [6.07, 6.45) is 1.81. The van der Waals surface area contributed by atoms with Crippen molar-refractivity contribution in [3.8, 4) is 28.4 Å². The maximum Gasteiger partial charge on any atom is 0.339 e. The minimum Gasteiger partial charge on any atom is -0.494 e. The summed E-state index contributed by atoms with van der Waals surface area (Å²) in [5, 5.41) is 17.0. The molecule has 0 saturated heterocycles. The third-order valence-electron chi connectivity index (χ3n) is 9.67. The number of hydrogen-bond acceptors (Lipinski definition) is 6. The number of aromatic carboxylic acids is 1. The van der Waals surface area contributed by atoms with Crippen molar-refractivity contribution in [2.45, 2.75) is 53.5 Å². The van der Waals surface area contributed by atoms with E-state index >= 15 is 0 Å². The van der Waals surface area contributed by atoms with Crippen LogP contribution in [-0.4, -0.2) is 57.7 Å². The van der Waals surface area contributed by atoms with Gasteiger partial charge in [-0.15, -0.1) is 0 Å². The number of benzene rings is 3. The number of halogens is 2. The van der Waals surface area contributed by atoms with Crippen molar-refractivity contribution in [1.82, 2.24) is 14.3 Å². The first-order chi connectivity index (χ1) is 24.0. The zero-order valence-corrected chi connectivity index (χ0v) is 30.2. The molecule has 0 atom stereocenters. The van der Waals surface area contributed by atoms with Crippen molar-refractivity contribution in [1.29, 1.82) is 0 Å². The van der Waals surface area contributed by atoms with Gasteiger partial charge >= 0.3 is 5.97 Å². The van der Waals surface area contributed by atoms with Gasteiger partial charge in [0, 0.05) is 59.1 Å². The average molecular weight is 718 g/mol. The van der Waals surface area contributed by atoms with Gasteiger partial charge in [-0.2, -0.15) is 5.10 Å². The molecule has 2 aliphatic heterocycles. The molecule has 4 heterocycles. The minimum atomic E-state index is -1.15. The number of ether oxygens (including phenoxy) is 3. The second kappa shape index (κ2) is 13.2. The van der Waals surface area contributed by atoms with Crippen molar-refractivity contribution in [3.05, 3.63) is 85.8 Å². The van der Waals surface area contributed by atoms with E-state index in [-0.39, 0.29) is 30.4 Å². The van der Waals surface area contributed by atoms with Gasteiger partial charge in [0.2, 0.25) is 0 Å². The van der Waals surface area contributed by atoms with Gasteiger partial charge in [-0.25, -0.2) is 4.79 Å². The van der Waals surface area contributed by atoms with Crippen molar-refractivity contribution in [2.24, 2.45) is 7.05 Å². The van der Waals surface area contributed by atoms with Crippen LogP contribution in [-0.2, 0) is 20.0 Å². The summed E-state index contributed by atoms with van der Waals surface area (Å²) in [4.78, 5) is 28.9. The molecule has 0 unspecified atom stereocenters. The van der Waals surface area contributed by atoms with Crippen LogP contribution < -0.4 is 19.1 Å². The maximum absolute atomic E-state index is 14.9. The average Bonchev–Trinajstić information content (AvgIpc) is 3.46. The second-order valence-electron chi connectivity index (χ2n) is 12.9. The number of hydrogen-bond donors (Lipinski definition) is 1.